The Labute approximate surface area is 604 Å². The Kier molecular flexibility index (Phi) is 25.9. The van der Waals surface area contributed by atoms with Crippen LogP contribution in [0.5, 0.6) is 0 Å². The molecular formula is C73H94ClF3N18O8. The number of ether oxygens (including phenoxy) is 2. The number of aliphatic carboxylic acids is 1. The quantitative estimate of drug-likeness (QED) is 0.0806. The smallest absolute Gasteiger partial charge is 0.410 e. The Bertz CT molecular complexity index is 4130. The highest BCUT2D eigenvalue weighted by Crippen LogP contribution is 2.37. The lowest BCUT2D eigenvalue weighted by Crippen LogP contribution is -2.49. The van der Waals surface area contributed by atoms with Gasteiger partial charge in [0.25, 0.3) is 0 Å². The van der Waals surface area contributed by atoms with E-state index >= 15 is 4.39 Å². The summed E-state index contributed by atoms with van der Waals surface area (Å²) in [5, 5.41) is 45.6. The van der Waals surface area contributed by atoms with Crippen molar-refractivity contribution in [3.8, 4) is 18.2 Å². The summed E-state index contributed by atoms with van der Waals surface area (Å²) < 4.78 is 54.9. The highest BCUT2D eigenvalue weighted by molar-refractivity contribution is 5.94. The second-order valence-corrected chi connectivity index (χ2v) is 29.7. The number of piperidine rings is 3. The molecule has 9 heterocycles. The fraction of sp³-hybridized carbons (Fsp3) is 0.562. The van der Waals surface area contributed by atoms with Gasteiger partial charge in [-0.2, -0.15) is 15.8 Å². The van der Waals surface area contributed by atoms with Crippen molar-refractivity contribution in [1.29, 1.82) is 15.8 Å². The number of alkyl halides is 3. The summed E-state index contributed by atoms with van der Waals surface area (Å²) in [6.07, 6.45) is 8.93. The average Bonchev–Trinajstić information content (AvgIpc) is 1.76. The Balaban J connectivity index is 0.000000180. The zero-order valence-corrected chi connectivity index (χ0v) is 60.7. The maximum atomic E-state index is 15.5. The number of hydrogen-bond donors (Lipinski definition) is 5. The van der Waals surface area contributed by atoms with Crippen molar-refractivity contribution >= 4 is 92.5 Å². The summed E-state index contributed by atoms with van der Waals surface area (Å²) in [5.41, 5.74) is 8.32. The molecule has 0 spiro atoms. The Morgan fingerprint density at radius 3 is 1.14 bits per heavy atom. The van der Waals surface area contributed by atoms with E-state index in [2.05, 4.69) is 92.6 Å². The van der Waals surface area contributed by atoms with Gasteiger partial charge >= 0.3 is 18.2 Å². The Morgan fingerprint density at radius 1 is 0.515 bits per heavy atom. The molecule has 3 aromatic heterocycles. The molecule has 12 rings (SSSR count). The number of nitrogens with zero attached hydrogens (tertiary/aromatic N) is 14. The zero-order valence-electron chi connectivity index (χ0n) is 59.9. The second-order valence-electron chi connectivity index (χ2n) is 29.7. The monoisotopic (exact) mass is 1440 g/mol. The van der Waals surface area contributed by atoms with Crippen LogP contribution >= 0.6 is 12.4 Å². The first kappa shape index (κ1) is 79.2. The van der Waals surface area contributed by atoms with Gasteiger partial charge in [0, 0.05) is 109 Å². The third-order valence-corrected chi connectivity index (χ3v) is 19.3. The van der Waals surface area contributed by atoms with Gasteiger partial charge in [-0.3, -0.25) is 44.3 Å². The van der Waals surface area contributed by atoms with Gasteiger partial charge in [0.2, 0.25) is 11.8 Å². The second kappa shape index (κ2) is 33.7. The molecule has 6 atom stereocenters. The van der Waals surface area contributed by atoms with E-state index in [1.807, 2.05) is 25.1 Å². The van der Waals surface area contributed by atoms with Crippen LogP contribution in [0.15, 0.2) is 73.6 Å². The molecule has 0 bridgehead atoms. The summed E-state index contributed by atoms with van der Waals surface area (Å²) in [5.74, 6) is -0.889. The van der Waals surface area contributed by atoms with E-state index in [0.717, 1.165) is 42.2 Å². The highest BCUT2D eigenvalue weighted by atomic mass is 35.5. The van der Waals surface area contributed by atoms with E-state index in [1.165, 1.54) is 9.80 Å². The molecule has 552 valence electrons. The van der Waals surface area contributed by atoms with Crippen molar-refractivity contribution in [3.05, 3.63) is 90.3 Å². The number of hydrogen-bond acceptors (Lipinski definition) is 21. The maximum absolute atomic E-state index is 15.5. The zero-order chi connectivity index (χ0) is 73.9. The third kappa shape index (κ3) is 20.7. The molecule has 103 heavy (non-hydrogen) atoms. The van der Waals surface area contributed by atoms with Crippen LogP contribution in [0.3, 0.4) is 0 Å². The van der Waals surface area contributed by atoms with Gasteiger partial charge in [0.15, 0.2) is 0 Å². The van der Waals surface area contributed by atoms with Crippen LogP contribution in [0.25, 0.3) is 33.1 Å². The fourth-order valence-electron chi connectivity index (χ4n) is 13.7. The number of carbonyl (C=O) groups is 5. The minimum atomic E-state index is -1.70. The number of carboxylic acid groups (broad SMARTS) is 1. The van der Waals surface area contributed by atoms with E-state index in [4.69, 9.17) is 25.6 Å². The van der Waals surface area contributed by atoms with Crippen LogP contribution in [-0.2, 0) is 23.9 Å². The van der Waals surface area contributed by atoms with Crippen molar-refractivity contribution in [3.63, 3.8) is 0 Å². The topological polar surface area (TPSA) is 351 Å². The van der Waals surface area contributed by atoms with Gasteiger partial charge < -0.3 is 60.8 Å². The molecule has 6 N–H and O–H groups in total. The number of aromatic nitrogens is 6. The lowest BCUT2D eigenvalue weighted by atomic mass is 9.89. The van der Waals surface area contributed by atoms with Crippen molar-refractivity contribution in [2.75, 3.05) is 93.2 Å². The molecule has 3 aromatic carbocycles. The molecule has 26 nitrogen and oxygen atoms in total. The van der Waals surface area contributed by atoms with Crippen LogP contribution in [0.1, 0.15) is 137 Å². The lowest BCUT2D eigenvalue weighted by molar-refractivity contribution is -0.141. The molecule has 0 saturated carbocycles. The number of nitriles is 3. The van der Waals surface area contributed by atoms with Gasteiger partial charge in [-0.1, -0.05) is 20.8 Å². The van der Waals surface area contributed by atoms with E-state index in [-0.39, 0.29) is 119 Å². The first-order chi connectivity index (χ1) is 48.3. The molecule has 0 radical (unpaired) electrons. The van der Waals surface area contributed by atoms with Crippen LogP contribution in [0, 0.1) is 51.7 Å². The number of amides is 4. The van der Waals surface area contributed by atoms with Gasteiger partial charge in [-0.05, 0) is 147 Å². The fourth-order valence-corrected chi connectivity index (χ4v) is 13.7. The van der Waals surface area contributed by atoms with Crippen molar-refractivity contribution in [1.82, 2.24) is 55.7 Å². The summed E-state index contributed by atoms with van der Waals surface area (Å²) in [7, 11) is 0. The van der Waals surface area contributed by atoms with Gasteiger partial charge in [-0.15, -0.1) is 12.4 Å². The minimum absolute atomic E-state index is 0. The van der Waals surface area contributed by atoms with Crippen LogP contribution < -0.4 is 36.4 Å². The number of carboxylic acids is 1. The molecule has 0 unspecified atom stereocenters. The standard InChI is InChI=1S/C26H33FN6O3.C21H25FN6O.C14H15N5.C12H20FNO4.ClH/c1-17-15-33(20-6-5-18(14-28)22-23(20)30-10-9-29-22)16-19(17)31-21(34)13-26(27)7-11-32(12-8-26)24(35)36-25(2,3)4;1-14-12-28(17-3-2-15(11-23)19-20(17)26-9-8-25-19)13-16(14)27-18(29)10-21(22)4-6-24-7-5-21;1-9-7-19(8-11(9)16)12-3-2-10(6-15)13-14(12)18-5-4-17-13;1-11(2,3)18-10(17)14-6-4-12(13,5-7-14)8-9(15)16;/h5-6,9-10,17,19H,7-8,11-13,15-16H2,1-4H3,(H,31,34);2-3,8-9,14,16,24H,4-7,10,12-13H2,1H3,(H,27,29);2-5,9,11H,7-8,16H2,1H3;4-8H2,1-3H3,(H,15,16);1H/t17-,19+;14-,16+;9-,11+;;/m111../s1. The number of nitrogens with two attached hydrogens (primary N) is 1. The van der Waals surface area contributed by atoms with Gasteiger partial charge in [0.05, 0.1) is 65.1 Å². The van der Waals surface area contributed by atoms with Crippen molar-refractivity contribution in [2.45, 2.75) is 166 Å². The number of nitrogens with one attached hydrogen (secondary N) is 3. The van der Waals surface area contributed by atoms with Crippen LogP contribution in [0.4, 0.5) is 39.8 Å². The number of benzene rings is 3. The van der Waals surface area contributed by atoms with Gasteiger partial charge in [0.1, 0.15) is 79.5 Å². The normalized spacial score (nSPS) is 21.9. The van der Waals surface area contributed by atoms with E-state index in [9.17, 15) is 43.3 Å². The third-order valence-electron chi connectivity index (χ3n) is 19.3. The van der Waals surface area contributed by atoms with Crippen LogP contribution in [0.2, 0.25) is 0 Å². The number of carbonyl (C=O) groups excluding carboxylic acids is 4. The van der Waals surface area contributed by atoms with E-state index in [0.29, 0.717) is 95.8 Å². The highest BCUT2D eigenvalue weighted by Gasteiger charge is 2.43. The summed E-state index contributed by atoms with van der Waals surface area (Å²) in [4.78, 5) is 95.4. The molecule has 6 saturated heterocycles. The lowest BCUT2D eigenvalue weighted by Gasteiger charge is -2.37. The van der Waals surface area contributed by atoms with Crippen molar-refractivity contribution in [2.24, 2.45) is 23.5 Å². The number of rotatable bonds is 11. The van der Waals surface area contributed by atoms with E-state index in [1.54, 1.807) is 96.9 Å². The van der Waals surface area contributed by atoms with E-state index < -0.39 is 52.8 Å². The Hall–Kier alpha value is -9.50. The number of halogens is 4. The van der Waals surface area contributed by atoms with Crippen LogP contribution in [-0.4, -0.2) is 200 Å². The maximum Gasteiger partial charge on any atom is 0.410 e. The average molecular weight is 1440 g/mol. The molecule has 4 amide bonds. The number of fused-ring (bicyclic) bond motifs is 3. The largest absolute Gasteiger partial charge is 0.481 e. The number of anilines is 3. The molecule has 6 aliphatic rings. The first-order valence-electron chi connectivity index (χ1n) is 34.7. The molecule has 6 aliphatic heterocycles. The predicted octanol–water partition coefficient (Wildman–Crippen LogP) is 9.40. The molecule has 6 fully saturated rings. The molecule has 30 heteroatoms. The Morgan fingerprint density at radius 2 is 0.825 bits per heavy atom. The SMILES string of the molecule is CC(C)(C)OC(=O)N1CCC(F)(CC(=O)O)CC1.C[C@@H]1CN(c2ccc(C#N)c3nccnc23)C[C@@H]1N.C[C@@H]1CN(c2ccc(C#N)c3nccnc23)C[C@@H]1NC(=O)CC1(F)CCN(C(=O)OC(C)(C)C)CC1.C[C@@H]1CN(c2ccc(C#N)c3nccnc23)C[C@@H]1NC(=O)CC1(F)CCNCC1.Cl. The molecule has 6 aromatic rings. The van der Waals surface area contributed by atoms with Crippen molar-refractivity contribution < 1.29 is 51.7 Å². The van der Waals surface area contributed by atoms with Gasteiger partial charge in [-0.25, -0.2) is 22.8 Å². The molecular weight excluding hydrogens is 1350 g/mol. The molecule has 0 aliphatic carbocycles. The summed E-state index contributed by atoms with van der Waals surface area (Å²) >= 11 is 0. The first-order valence-corrected chi connectivity index (χ1v) is 34.7. The predicted molar refractivity (Wildman–Crippen MR) is 385 cm³/mol. The number of likely N-dealkylation sites (tertiary alicyclic amines) is 2. The summed E-state index contributed by atoms with van der Waals surface area (Å²) in [6.45, 7) is 23.3. The minimum Gasteiger partial charge on any atom is -0.481 e. The summed E-state index contributed by atoms with van der Waals surface area (Å²) in [6, 6.07) is 17.4.